The maximum Gasteiger partial charge on any atom is 0.156 e. The Morgan fingerprint density at radius 1 is 1.37 bits per heavy atom. The maximum atomic E-state index is 11.2. The smallest absolute Gasteiger partial charge is 0.156 e. The highest BCUT2D eigenvalue weighted by Gasteiger charge is 2.16. The lowest BCUT2D eigenvalue weighted by atomic mass is 10.0. The van der Waals surface area contributed by atoms with Crippen LogP contribution in [0.1, 0.15) is 21.5 Å². The van der Waals surface area contributed by atoms with Gasteiger partial charge in [0.2, 0.25) is 0 Å². The number of nitrogen functional groups attached to an aromatic ring is 1. The largest absolute Gasteiger partial charge is 0.383 e. The van der Waals surface area contributed by atoms with Crippen LogP contribution in [0.25, 0.3) is 11.3 Å². The molecule has 2 rings (SSSR count). The summed E-state index contributed by atoms with van der Waals surface area (Å²) in [4.78, 5) is 11.2. The quantitative estimate of drug-likeness (QED) is 0.854. The molecule has 0 saturated heterocycles. The van der Waals surface area contributed by atoms with Crippen molar-refractivity contribution in [3.05, 3.63) is 34.9 Å². The van der Waals surface area contributed by atoms with Gasteiger partial charge >= 0.3 is 0 Å². The third-order valence-electron chi connectivity index (χ3n) is 3.18. The van der Waals surface area contributed by atoms with Crippen LogP contribution in [-0.4, -0.2) is 23.2 Å². The Balaban J connectivity index is 2.57. The first-order chi connectivity index (χ1) is 9.08. The number of carbonyl (C=O) groups excluding carboxylic acids is 1. The SMILES string of the molecule is COCn1nc(-c2ccc(C)c(C)c2)c(C=O)c1N. The van der Waals surface area contributed by atoms with E-state index >= 15 is 0 Å². The van der Waals surface area contributed by atoms with Gasteiger partial charge in [0.15, 0.2) is 6.29 Å². The van der Waals surface area contributed by atoms with E-state index in [0.29, 0.717) is 17.1 Å². The fourth-order valence-corrected chi connectivity index (χ4v) is 1.93. The molecule has 5 heteroatoms. The fourth-order valence-electron chi connectivity index (χ4n) is 1.93. The van der Waals surface area contributed by atoms with Gasteiger partial charge in [-0.25, -0.2) is 4.68 Å². The van der Waals surface area contributed by atoms with Crippen molar-refractivity contribution in [3.8, 4) is 11.3 Å². The van der Waals surface area contributed by atoms with Gasteiger partial charge < -0.3 is 10.5 Å². The molecule has 0 aliphatic carbocycles. The predicted molar refractivity (Wildman–Crippen MR) is 73.9 cm³/mol. The summed E-state index contributed by atoms with van der Waals surface area (Å²) in [7, 11) is 1.55. The number of nitrogens with two attached hydrogens (primary N) is 1. The number of nitrogens with zero attached hydrogens (tertiary/aromatic N) is 2. The molecule has 2 N–H and O–H groups in total. The third-order valence-corrected chi connectivity index (χ3v) is 3.18. The van der Waals surface area contributed by atoms with Gasteiger partial charge in [-0.05, 0) is 31.0 Å². The molecule has 100 valence electrons. The molecule has 0 aliphatic rings. The number of carbonyl (C=O) groups is 1. The van der Waals surface area contributed by atoms with Gasteiger partial charge in [0.1, 0.15) is 18.2 Å². The number of aldehydes is 1. The number of rotatable bonds is 4. The minimum absolute atomic E-state index is 0.220. The third kappa shape index (κ3) is 2.37. The molecule has 1 aromatic carbocycles. The molecule has 5 nitrogen and oxygen atoms in total. The summed E-state index contributed by atoms with van der Waals surface area (Å²) in [6, 6.07) is 5.94. The highest BCUT2D eigenvalue weighted by Crippen LogP contribution is 2.27. The normalized spacial score (nSPS) is 10.7. The molecule has 19 heavy (non-hydrogen) atoms. The van der Waals surface area contributed by atoms with Crippen LogP contribution in [0.4, 0.5) is 5.82 Å². The van der Waals surface area contributed by atoms with Crippen LogP contribution in [0.5, 0.6) is 0 Å². The van der Waals surface area contributed by atoms with E-state index in [1.54, 1.807) is 7.11 Å². The molecule has 2 aromatic rings. The standard InChI is InChI=1S/C14H17N3O2/c1-9-4-5-11(6-10(9)2)13-12(7-18)14(15)17(16-13)8-19-3/h4-7H,8,15H2,1-3H3. The highest BCUT2D eigenvalue weighted by molar-refractivity contribution is 5.91. The van der Waals surface area contributed by atoms with Crippen molar-refractivity contribution in [2.24, 2.45) is 0 Å². The summed E-state index contributed by atoms with van der Waals surface area (Å²) in [5.41, 5.74) is 10.1. The molecule has 0 fully saturated rings. The number of anilines is 1. The Kier molecular flexibility index (Phi) is 3.66. The first kappa shape index (κ1) is 13.3. The Morgan fingerprint density at radius 3 is 2.68 bits per heavy atom. The summed E-state index contributed by atoms with van der Waals surface area (Å²) in [5, 5.41) is 4.35. The zero-order chi connectivity index (χ0) is 14.0. The molecule has 1 aromatic heterocycles. The minimum Gasteiger partial charge on any atom is -0.383 e. The van der Waals surface area contributed by atoms with Gasteiger partial charge in [0.25, 0.3) is 0 Å². The van der Waals surface area contributed by atoms with Crippen molar-refractivity contribution in [1.82, 2.24) is 9.78 Å². The van der Waals surface area contributed by atoms with Gasteiger partial charge in [-0.3, -0.25) is 4.79 Å². The monoisotopic (exact) mass is 259 g/mol. The molecule has 0 amide bonds. The molecule has 0 radical (unpaired) electrons. The molecular weight excluding hydrogens is 242 g/mol. The number of hydrogen-bond donors (Lipinski definition) is 1. The van der Waals surface area contributed by atoms with Gasteiger partial charge in [0.05, 0.1) is 5.56 Å². The Hall–Kier alpha value is -2.14. The van der Waals surface area contributed by atoms with Crippen molar-refractivity contribution in [2.75, 3.05) is 12.8 Å². The van der Waals surface area contributed by atoms with E-state index in [1.807, 2.05) is 32.0 Å². The number of benzene rings is 1. The second-order valence-electron chi connectivity index (χ2n) is 4.48. The van der Waals surface area contributed by atoms with Crippen molar-refractivity contribution in [3.63, 3.8) is 0 Å². The lowest BCUT2D eigenvalue weighted by Gasteiger charge is -2.03. The Bertz CT molecular complexity index is 617. The van der Waals surface area contributed by atoms with Crippen LogP contribution in [0, 0.1) is 13.8 Å². The van der Waals surface area contributed by atoms with Crippen LogP contribution < -0.4 is 5.73 Å². The summed E-state index contributed by atoms with van der Waals surface area (Å²) >= 11 is 0. The van der Waals surface area contributed by atoms with Gasteiger partial charge in [-0.2, -0.15) is 5.10 Å². The molecule has 0 atom stereocenters. The number of methoxy groups -OCH3 is 1. The van der Waals surface area contributed by atoms with E-state index in [4.69, 9.17) is 10.5 Å². The summed E-state index contributed by atoms with van der Waals surface area (Å²) in [6.07, 6.45) is 0.735. The zero-order valence-electron chi connectivity index (χ0n) is 11.3. The van der Waals surface area contributed by atoms with E-state index < -0.39 is 0 Å². The predicted octanol–water partition coefficient (Wildman–Crippen LogP) is 2.17. The summed E-state index contributed by atoms with van der Waals surface area (Å²) < 4.78 is 6.49. The van der Waals surface area contributed by atoms with Gasteiger partial charge in [0, 0.05) is 12.7 Å². The van der Waals surface area contributed by atoms with Crippen molar-refractivity contribution in [1.29, 1.82) is 0 Å². The Morgan fingerprint density at radius 2 is 2.11 bits per heavy atom. The molecule has 0 saturated carbocycles. The lowest BCUT2D eigenvalue weighted by molar-refractivity contribution is 0.112. The molecule has 0 spiro atoms. The highest BCUT2D eigenvalue weighted by atomic mass is 16.5. The van der Waals surface area contributed by atoms with Gasteiger partial charge in [-0.1, -0.05) is 12.1 Å². The van der Waals surface area contributed by atoms with Crippen LogP contribution in [0.15, 0.2) is 18.2 Å². The fraction of sp³-hybridized carbons (Fsp3) is 0.286. The first-order valence-corrected chi connectivity index (χ1v) is 5.96. The second kappa shape index (κ2) is 5.24. The average molecular weight is 259 g/mol. The van der Waals surface area contributed by atoms with Crippen LogP contribution in [0.3, 0.4) is 0 Å². The van der Waals surface area contributed by atoms with Crippen molar-refractivity contribution < 1.29 is 9.53 Å². The lowest BCUT2D eigenvalue weighted by Crippen LogP contribution is -2.06. The van der Waals surface area contributed by atoms with E-state index in [1.165, 1.54) is 10.2 Å². The second-order valence-corrected chi connectivity index (χ2v) is 4.48. The van der Waals surface area contributed by atoms with Crippen molar-refractivity contribution >= 4 is 12.1 Å². The number of ether oxygens (including phenoxy) is 1. The van der Waals surface area contributed by atoms with E-state index in [0.717, 1.165) is 17.4 Å². The first-order valence-electron chi connectivity index (χ1n) is 5.96. The Labute approximate surface area is 112 Å². The van der Waals surface area contributed by atoms with E-state index in [-0.39, 0.29) is 6.73 Å². The minimum atomic E-state index is 0.220. The summed E-state index contributed by atoms with van der Waals surface area (Å²) in [6.45, 7) is 4.28. The number of aromatic nitrogens is 2. The van der Waals surface area contributed by atoms with E-state index in [9.17, 15) is 4.79 Å². The molecule has 1 heterocycles. The molecular formula is C14H17N3O2. The van der Waals surface area contributed by atoms with E-state index in [2.05, 4.69) is 5.10 Å². The number of aryl methyl sites for hydroxylation is 2. The maximum absolute atomic E-state index is 11.2. The summed E-state index contributed by atoms with van der Waals surface area (Å²) in [5.74, 6) is 0.324. The van der Waals surface area contributed by atoms with Crippen LogP contribution in [0.2, 0.25) is 0 Å². The molecule has 0 aliphatic heterocycles. The van der Waals surface area contributed by atoms with Crippen molar-refractivity contribution in [2.45, 2.75) is 20.6 Å². The average Bonchev–Trinajstić information content (AvgIpc) is 2.70. The molecule has 0 bridgehead atoms. The van der Waals surface area contributed by atoms with Crippen LogP contribution >= 0.6 is 0 Å². The topological polar surface area (TPSA) is 70.1 Å². The van der Waals surface area contributed by atoms with Crippen LogP contribution in [-0.2, 0) is 11.5 Å². The zero-order valence-corrected chi connectivity index (χ0v) is 11.3. The number of hydrogen-bond acceptors (Lipinski definition) is 4. The molecule has 0 unspecified atom stereocenters. The van der Waals surface area contributed by atoms with Gasteiger partial charge in [-0.15, -0.1) is 0 Å².